The van der Waals surface area contributed by atoms with Crippen LogP contribution in [0.5, 0.6) is 0 Å². The van der Waals surface area contributed by atoms with Crippen LogP contribution in [0.3, 0.4) is 0 Å². The predicted molar refractivity (Wildman–Crippen MR) is 47.5 cm³/mol. The summed E-state index contributed by atoms with van der Waals surface area (Å²) < 4.78 is 0. The van der Waals surface area contributed by atoms with Crippen molar-refractivity contribution in [3.8, 4) is 0 Å². The quantitative estimate of drug-likeness (QED) is 0.496. The highest BCUT2D eigenvalue weighted by Gasteiger charge is 2.42. The van der Waals surface area contributed by atoms with Crippen LogP contribution in [-0.2, 0) is 0 Å². The van der Waals surface area contributed by atoms with E-state index in [1.54, 1.807) is 0 Å². The van der Waals surface area contributed by atoms with Crippen molar-refractivity contribution in [3.05, 3.63) is 12.2 Å². The Labute approximate surface area is 72.6 Å². The average Bonchev–Trinajstić information content (AvgIpc) is 2.60. The fourth-order valence-corrected chi connectivity index (χ4v) is 3.06. The summed E-state index contributed by atoms with van der Waals surface area (Å²) in [6, 6.07) is 0. The van der Waals surface area contributed by atoms with E-state index in [-0.39, 0.29) is 0 Å². The Morgan fingerprint density at radius 1 is 1.27 bits per heavy atom. The molecule has 0 aromatic rings. The van der Waals surface area contributed by atoms with Crippen LogP contribution in [-0.4, -0.2) is 12.4 Å². The normalized spacial score (nSPS) is 47.1. The summed E-state index contributed by atoms with van der Waals surface area (Å²) in [4.78, 5) is 0. The van der Waals surface area contributed by atoms with E-state index < -0.39 is 0 Å². The standard InChI is InChI=1S/C9H14ClN/c10-4-8-6-1-2-7(3-6)9(8)5-11/h1-2,6-9H,3-5,11H2/t6-,7+,8-,9-/m1/s1. The third-order valence-electron chi connectivity index (χ3n) is 3.25. The van der Waals surface area contributed by atoms with Gasteiger partial charge in [-0.25, -0.2) is 0 Å². The van der Waals surface area contributed by atoms with Crippen molar-refractivity contribution >= 4 is 11.6 Å². The molecule has 0 unspecified atom stereocenters. The second kappa shape index (κ2) is 2.80. The van der Waals surface area contributed by atoms with Crippen LogP contribution in [0.4, 0.5) is 0 Å². The van der Waals surface area contributed by atoms with Crippen LogP contribution >= 0.6 is 11.6 Å². The minimum atomic E-state index is 0.664. The highest BCUT2D eigenvalue weighted by molar-refractivity contribution is 6.18. The van der Waals surface area contributed by atoms with Gasteiger partial charge in [-0.15, -0.1) is 11.6 Å². The van der Waals surface area contributed by atoms with Gasteiger partial charge in [0, 0.05) is 5.88 Å². The molecule has 11 heavy (non-hydrogen) atoms. The van der Waals surface area contributed by atoms with Crippen molar-refractivity contribution in [1.29, 1.82) is 0 Å². The number of allylic oxidation sites excluding steroid dienone is 2. The van der Waals surface area contributed by atoms with Crippen molar-refractivity contribution in [2.75, 3.05) is 12.4 Å². The molecule has 2 bridgehead atoms. The molecule has 1 nitrogen and oxygen atoms in total. The first kappa shape index (κ1) is 7.63. The van der Waals surface area contributed by atoms with Crippen molar-refractivity contribution in [2.24, 2.45) is 29.4 Å². The first-order chi connectivity index (χ1) is 5.36. The Hall–Kier alpha value is -0.0100. The van der Waals surface area contributed by atoms with E-state index in [0.717, 1.165) is 24.3 Å². The maximum atomic E-state index is 5.89. The zero-order valence-electron chi connectivity index (χ0n) is 6.54. The van der Waals surface area contributed by atoms with Crippen LogP contribution in [0.15, 0.2) is 12.2 Å². The van der Waals surface area contributed by atoms with Crippen molar-refractivity contribution < 1.29 is 0 Å². The second-order valence-electron chi connectivity index (χ2n) is 3.67. The van der Waals surface area contributed by atoms with Gasteiger partial charge in [0.25, 0.3) is 0 Å². The molecule has 0 aromatic carbocycles. The molecule has 2 aliphatic rings. The van der Waals surface area contributed by atoms with E-state index >= 15 is 0 Å². The maximum Gasteiger partial charge on any atom is 0.0260 e. The molecule has 0 heterocycles. The van der Waals surface area contributed by atoms with Gasteiger partial charge in [-0.05, 0) is 36.6 Å². The van der Waals surface area contributed by atoms with Gasteiger partial charge in [0.15, 0.2) is 0 Å². The lowest BCUT2D eigenvalue weighted by molar-refractivity contribution is 0.348. The van der Waals surface area contributed by atoms with Crippen molar-refractivity contribution in [3.63, 3.8) is 0 Å². The van der Waals surface area contributed by atoms with Gasteiger partial charge in [0.1, 0.15) is 0 Å². The smallest absolute Gasteiger partial charge is 0.0260 e. The average molecular weight is 172 g/mol. The summed E-state index contributed by atoms with van der Waals surface area (Å²) in [6.07, 6.45) is 5.95. The molecule has 2 heteroatoms. The lowest BCUT2D eigenvalue weighted by Gasteiger charge is -2.24. The van der Waals surface area contributed by atoms with Crippen LogP contribution in [0.2, 0.25) is 0 Å². The molecule has 1 saturated carbocycles. The number of nitrogens with two attached hydrogens (primary N) is 1. The Kier molecular flexibility index (Phi) is 1.94. The summed E-state index contributed by atoms with van der Waals surface area (Å²) in [6.45, 7) is 0.808. The van der Waals surface area contributed by atoms with Crippen molar-refractivity contribution in [1.82, 2.24) is 0 Å². The van der Waals surface area contributed by atoms with E-state index in [1.807, 2.05) is 0 Å². The fourth-order valence-electron chi connectivity index (χ4n) is 2.61. The molecule has 0 amide bonds. The molecule has 0 aromatic heterocycles. The van der Waals surface area contributed by atoms with Crippen LogP contribution < -0.4 is 5.73 Å². The predicted octanol–water partition coefficient (Wildman–Crippen LogP) is 1.62. The number of fused-ring (bicyclic) bond motifs is 2. The lowest BCUT2D eigenvalue weighted by Crippen LogP contribution is -2.27. The Morgan fingerprint density at radius 2 is 1.91 bits per heavy atom. The molecular formula is C9H14ClN. The molecule has 1 fully saturated rings. The molecule has 2 aliphatic carbocycles. The minimum absolute atomic E-state index is 0.664. The Bertz CT molecular complexity index is 160. The number of halogens is 1. The topological polar surface area (TPSA) is 26.0 Å². The molecule has 0 aliphatic heterocycles. The Morgan fingerprint density at radius 3 is 2.36 bits per heavy atom. The fraction of sp³-hybridized carbons (Fsp3) is 0.778. The van der Waals surface area contributed by atoms with Gasteiger partial charge in [-0.1, -0.05) is 12.2 Å². The monoisotopic (exact) mass is 171 g/mol. The van der Waals surface area contributed by atoms with Gasteiger partial charge in [0.05, 0.1) is 0 Å². The van der Waals surface area contributed by atoms with Crippen LogP contribution in [0, 0.1) is 23.7 Å². The van der Waals surface area contributed by atoms with Crippen LogP contribution in [0.25, 0.3) is 0 Å². The van der Waals surface area contributed by atoms with Gasteiger partial charge < -0.3 is 5.73 Å². The summed E-state index contributed by atoms with van der Waals surface area (Å²) in [7, 11) is 0. The van der Waals surface area contributed by atoms with Crippen molar-refractivity contribution in [2.45, 2.75) is 6.42 Å². The van der Waals surface area contributed by atoms with E-state index in [4.69, 9.17) is 17.3 Å². The summed E-state index contributed by atoms with van der Waals surface area (Å²) >= 11 is 5.89. The number of hydrogen-bond acceptors (Lipinski definition) is 1. The summed E-state index contributed by atoms with van der Waals surface area (Å²) in [5.41, 5.74) is 5.69. The molecule has 0 saturated heterocycles. The molecule has 0 radical (unpaired) electrons. The second-order valence-corrected chi connectivity index (χ2v) is 3.97. The third kappa shape index (κ3) is 1.02. The first-order valence-corrected chi connectivity index (χ1v) is 4.84. The maximum absolute atomic E-state index is 5.89. The van der Waals surface area contributed by atoms with E-state index in [2.05, 4.69) is 12.2 Å². The number of alkyl halides is 1. The number of hydrogen-bond donors (Lipinski definition) is 1. The molecule has 2 rings (SSSR count). The molecular weight excluding hydrogens is 158 g/mol. The first-order valence-electron chi connectivity index (χ1n) is 4.31. The largest absolute Gasteiger partial charge is 0.330 e. The lowest BCUT2D eigenvalue weighted by atomic mass is 9.84. The van der Waals surface area contributed by atoms with E-state index in [0.29, 0.717) is 11.8 Å². The zero-order valence-corrected chi connectivity index (χ0v) is 7.30. The van der Waals surface area contributed by atoms with Gasteiger partial charge in [-0.3, -0.25) is 0 Å². The minimum Gasteiger partial charge on any atom is -0.330 e. The molecule has 4 atom stereocenters. The summed E-state index contributed by atoms with van der Waals surface area (Å²) in [5, 5.41) is 0. The highest BCUT2D eigenvalue weighted by atomic mass is 35.5. The number of rotatable bonds is 2. The van der Waals surface area contributed by atoms with E-state index in [9.17, 15) is 0 Å². The van der Waals surface area contributed by atoms with Gasteiger partial charge in [0.2, 0.25) is 0 Å². The molecule has 2 N–H and O–H groups in total. The molecule has 62 valence electrons. The summed E-state index contributed by atoms with van der Waals surface area (Å²) in [5.74, 6) is 3.60. The SMILES string of the molecule is NC[C@H]1[C@H](CCl)[C@@H]2C=C[C@H]1C2. The highest BCUT2D eigenvalue weighted by Crippen LogP contribution is 2.47. The van der Waals surface area contributed by atoms with Gasteiger partial charge >= 0.3 is 0 Å². The van der Waals surface area contributed by atoms with E-state index in [1.165, 1.54) is 6.42 Å². The Balaban J connectivity index is 2.15. The van der Waals surface area contributed by atoms with Gasteiger partial charge in [-0.2, -0.15) is 0 Å². The molecule has 0 spiro atoms. The van der Waals surface area contributed by atoms with Crippen LogP contribution in [0.1, 0.15) is 6.42 Å². The zero-order chi connectivity index (χ0) is 7.84. The third-order valence-corrected chi connectivity index (χ3v) is 3.61.